The lowest BCUT2D eigenvalue weighted by molar-refractivity contribution is 0.0818. The zero-order valence-corrected chi connectivity index (χ0v) is 11.6. The number of ether oxygens (including phenoxy) is 1. The van der Waals surface area contributed by atoms with Gasteiger partial charge in [-0.05, 0) is 38.4 Å². The fraction of sp³-hybridized carbons (Fsp3) is 0.643. The fourth-order valence-electron chi connectivity index (χ4n) is 2.45. The topological polar surface area (TPSA) is 37.4 Å². The fourth-order valence-corrected chi connectivity index (χ4v) is 2.45. The van der Waals surface area contributed by atoms with Crippen molar-refractivity contribution >= 4 is 5.82 Å². The first-order valence-corrected chi connectivity index (χ1v) is 6.63. The zero-order valence-electron chi connectivity index (χ0n) is 11.6. The number of rotatable bonds is 4. The molecule has 18 heavy (non-hydrogen) atoms. The van der Waals surface area contributed by atoms with Crippen LogP contribution in [0.2, 0.25) is 0 Å². The molecule has 0 aromatic carbocycles. The Bertz CT molecular complexity index is 387. The molecule has 0 radical (unpaired) electrons. The summed E-state index contributed by atoms with van der Waals surface area (Å²) >= 11 is 0. The normalized spacial score (nSPS) is 17.2. The Morgan fingerprint density at radius 1 is 1.39 bits per heavy atom. The number of hydrogen-bond donors (Lipinski definition) is 1. The van der Waals surface area contributed by atoms with Gasteiger partial charge < -0.3 is 15.0 Å². The minimum Gasteiger partial charge on any atom is -0.381 e. The van der Waals surface area contributed by atoms with E-state index < -0.39 is 0 Å². The van der Waals surface area contributed by atoms with Crippen LogP contribution in [0.3, 0.4) is 0 Å². The summed E-state index contributed by atoms with van der Waals surface area (Å²) < 4.78 is 5.39. The summed E-state index contributed by atoms with van der Waals surface area (Å²) in [7, 11) is 3.76. The van der Waals surface area contributed by atoms with Crippen LogP contribution in [0, 0.1) is 6.92 Å². The van der Waals surface area contributed by atoms with Crippen molar-refractivity contribution in [1.29, 1.82) is 0 Å². The summed E-state index contributed by atoms with van der Waals surface area (Å²) in [5, 5.41) is 3.17. The van der Waals surface area contributed by atoms with Gasteiger partial charge in [-0.1, -0.05) is 6.07 Å². The molecule has 1 aromatic heterocycles. The number of hydrogen-bond acceptors (Lipinski definition) is 4. The highest BCUT2D eigenvalue weighted by atomic mass is 16.5. The molecule has 2 heterocycles. The molecular formula is C14H23N3O. The summed E-state index contributed by atoms with van der Waals surface area (Å²) in [6, 6.07) is 4.31. The Morgan fingerprint density at radius 2 is 2.11 bits per heavy atom. The number of aryl methyl sites for hydroxylation is 1. The number of piperidine rings is 1. The van der Waals surface area contributed by atoms with Crippen molar-refractivity contribution < 1.29 is 4.74 Å². The number of pyridine rings is 1. The van der Waals surface area contributed by atoms with Gasteiger partial charge in [0.2, 0.25) is 0 Å². The highest BCUT2D eigenvalue weighted by molar-refractivity contribution is 5.42. The minimum absolute atomic E-state index is 0.422. The SMILES string of the molecule is CNCc1ccc(N2CCC(OC)CC2)nc1C. The van der Waals surface area contributed by atoms with E-state index >= 15 is 0 Å². The maximum absolute atomic E-state index is 5.39. The van der Waals surface area contributed by atoms with Crippen LogP contribution < -0.4 is 10.2 Å². The predicted octanol–water partition coefficient (Wildman–Crippen LogP) is 1.72. The lowest BCUT2D eigenvalue weighted by atomic mass is 10.1. The van der Waals surface area contributed by atoms with E-state index in [1.54, 1.807) is 7.11 Å². The number of nitrogens with one attached hydrogen (secondary N) is 1. The van der Waals surface area contributed by atoms with E-state index in [-0.39, 0.29) is 0 Å². The average molecular weight is 249 g/mol. The van der Waals surface area contributed by atoms with Gasteiger partial charge in [0.25, 0.3) is 0 Å². The molecule has 1 saturated heterocycles. The summed E-state index contributed by atoms with van der Waals surface area (Å²) in [6.45, 7) is 5.04. The van der Waals surface area contributed by atoms with Crippen LogP contribution in [0.1, 0.15) is 24.1 Å². The quantitative estimate of drug-likeness (QED) is 0.882. The molecule has 1 aliphatic rings. The Balaban J connectivity index is 2.03. The second kappa shape index (κ2) is 6.16. The molecule has 0 aliphatic carbocycles. The minimum atomic E-state index is 0.422. The smallest absolute Gasteiger partial charge is 0.128 e. The van der Waals surface area contributed by atoms with Gasteiger partial charge in [-0.25, -0.2) is 4.98 Å². The van der Waals surface area contributed by atoms with Crippen LogP contribution in [-0.4, -0.2) is 38.3 Å². The van der Waals surface area contributed by atoms with Gasteiger partial charge >= 0.3 is 0 Å². The van der Waals surface area contributed by atoms with Crippen LogP contribution in [0.15, 0.2) is 12.1 Å². The Hall–Kier alpha value is -1.13. The molecule has 0 spiro atoms. The third-order valence-electron chi connectivity index (χ3n) is 3.65. The van der Waals surface area contributed by atoms with E-state index in [0.717, 1.165) is 44.0 Å². The third-order valence-corrected chi connectivity index (χ3v) is 3.65. The molecular weight excluding hydrogens is 226 g/mol. The van der Waals surface area contributed by atoms with Crippen molar-refractivity contribution in [2.24, 2.45) is 0 Å². The van der Waals surface area contributed by atoms with Crippen molar-refractivity contribution in [2.75, 3.05) is 32.1 Å². The molecule has 1 N–H and O–H groups in total. The van der Waals surface area contributed by atoms with Gasteiger partial charge in [0.1, 0.15) is 5.82 Å². The van der Waals surface area contributed by atoms with Gasteiger partial charge in [0.15, 0.2) is 0 Å². The second-order valence-electron chi connectivity index (χ2n) is 4.87. The van der Waals surface area contributed by atoms with Gasteiger partial charge in [0, 0.05) is 32.4 Å². The third kappa shape index (κ3) is 3.00. The van der Waals surface area contributed by atoms with Crippen LogP contribution >= 0.6 is 0 Å². The molecule has 0 bridgehead atoms. The van der Waals surface area contributed by atoms with Gasteiger partial charge in [-0.15, -0.1) is 0 Å². The van der Waals surface area contributed by atoms with Crippen molar-refractivity contribution in [3.8, 4) is 0 Å². The monoisotopic (exact) mass is 249 g/mol. The zero-order chi connectivity index (χ0) is 13.0. The molecule has 0 amide bonds. The predicted molar refractivity (Wildman–Crippen MR) is 74.0 cm³/mol. The highest BCUT2D eigenvalue weighted by Gasteiger charge is 2.19. The standard InChI is InChI=1S/C14H23N3O/c1-11-12(10-15-2)4-5-14(16-11)17-8-6-13(18-3)7-9-17/h4-5,13,15H,6-10H2,1-3H3. The summed E-state index contributed by atoms with van der Waals surface area (Å²) in [5.41, 5.74) is 2.39. The summed E-state index contributed by atoms with van der Waals surface area (Å²) in [4.78, 5) is 7.06. The van der Waals surface area contributed by atoms with Gasteiger partial charge in [-0.3, -0.25) is 0 Å². The summed E-state index contributed by atoms with van der Waals surface area (Å²) in [5.74, 6) is 1.10. The van der Waals surface area contributed by atoms with Gasteiger partial charge in [-0.2, -0.15) is 0 Å². The Morgan fingerprint density at radius 3 is 2.67 bits per heavy atom. The van der Waals surface area contributed by atoms with Crippen molar-refractivity contribution in [2.45, 2.75) is 32.4 Å². The lowest BCUT2D eigenvalue weighted by Crippen LogP contribution is -2.37. The summed E-state index contributed by atoms with van der Waals surface area (Å²) in [6.07, 6.45) is 2.61. The highest BCUT2D eigenvalue weighted by Crippen LogP contribution is 2.20. The number of anilines is 1. The first kappa shape index (κ1) is 13.3. The van der Waals surface area contributed by atoms with E-state index in [4.69, 9.17) is 9.72 Å². The molecule has 1 fully saturated rings. The first-order valence-electron chi connectivity index (χ1n) is 6.63. The molecule has 100 valence electrons. The van der Waals surface area contributed by atoms with E-state index in [9.17, 15) is 0 Å². The molecule has 2 rings (SSSR count). The number of methoxy groups -OCH3 is 1. The second-order valence-corrected chi connectivity index (χ2v) is 4.87. The van der Waals surface area contributed by atoms with Gasteiger partial charge in [0.05, 0.1) is 6.10 Å². The van der Waals surface area contributed by atoms with E-state index in [2.05, 4.69) is 29.3 Å². The molecule has 4 nitrogen and oxygen atoms in total. The average Bonchev–Trinajstić information content (AvgIpc) is 2.41. The molecule has 0 atom stereocenters. The van der Waals surface area contributed by atoms with E-state index in [1.165, 1.54) is 5.56 Å². The lowest BCUT2D eigenvalue weighted by Gasteiger charge is -2.32. The maximum Gasteiger partial charge on any atom is 0.128 e. The van der Waals surface area contributed by atoms with Crippen molar-refractivity contribution in [1.82, 2.24) is 10.3 Å². The van der Waals surface area contributed by atoms with Crippen molar-refractivity contribution in [3.05, 3.63) is 23.4 Å². The maximum atomic E-state index is 5.39. The Labute approximate surface area is 109 Å². The molecule has 1 aromatic rings. The molecule has 4 heteroatoms. The van der Waals surface area contributed by atoms with E-state index in [0.29, 0.717) is 6.10 Å². The van der Waals surface area contributed by atoms with Crippen LogP contribution in [0.4, 0.5) is 5.82 Å². The van der Waals surface area contributed by atoms with Crippen LogP contribution in [-0.2, 0) is 11.3 Å². The van der Waals surface area contributed by atoms with E-state index in [1.807, 2.05) is 7.05 Å². The first-order chi connectivity index (χ1) is 8.74. The number of aromatic nitrogens is 1. The number of nitrogens with zero attached hydrogens (tertiary/aromatic N) is 2. The molecule has 0 saturated carbocycles. The molecule has 0 unspecified atom stereocenters. The van der Waals surface area contributed by atoms with Crippen LogP contribution in [0.25, 0.3) is 0 Å². The largest absolute Gasteiger partial charge is 0.381 e. The Kier molecular flexibility index (Phi) is 4.55. The van der Waals surface area contributed by atoms with Crippen molar-refractivity contribution in [3.63, 3.8) is 0 Å². The molecule has 1 aliphatic heterocycles. The van der Waals surface area contributed by atoms with Crippen LogP contribution in [0.5, 0.6) is 0 Å².